The van der Waals surface area contributed by atoms with Crippen molar-refractivity contribution in [2.24, 2.45) is 0 Å². The number of benzene rings is 2. The highest BCUT2D eigenvalue weighted by Gasteiger charge is 2.20. The number of likely N-dealkylation sites (N-methyl/N-ethyl adjacent to an activating group) is 1. The normalized spacial score (nSPS) is 20.7. The Hall–Kier alpha value is -2.15. The van der Waals surface area contributed by atoms with Crippen molar-refractivity contribution in [2.45, 2.75) is 9.79 Å². The van der Waals surface area contributed by atoms with E-state index in [1.807, 2.05) is 11.9 Å². The zero-order chi connectivity index (χ0) is 26.9. The third kappa shape index (κ3) is 3.78. The van der Waals surface area contributed by atoms with E-state index in [0.717, 1.165) is 0 Å². The number of fused-ring (bicyclic) bond motifs is 1. The predicted molar refractivity (Wildman–Crippen MR) is 111 cm³/mol. The number of hydrogen-bond acceptors (Lipinski definition) is 5. The van der Waals surface area contributed by atoms with Crippen LogP contribution in [0, 0.1) is 0 Å². The van der Waals surface area contributed by atoms with Crippen molar-refractivity contribution in [3.63, 3.8) is 0 Å². The molecule has 142 valence electrons. The van der Waals surface area contributed by atoms with E-state index in [1.54, 1.807) is 4.90 Å². The van der Waals surface area contributed by atoms with Gasteiger partial charge in [-0.25, -0.2) is 8.42 Å². The van der Waals surface area contributed by atoms with Crippen LogP contribution in [0.3, 0.4) is 0 Å². The molecule has 0 unspecified atom stereocenters. The maximum atomic E-state index is 13.6. The number of aromatic nitrogens is 1. The first kappa shape index (κ1) is 10.4. The highest BCUT2D eigenvalue weighted by Crippen LogP contribution is 2.29. The van der Waals surface area contributed by atoms with E-state index in [4.69, 9.17) is 13.7 Å². The van der Waals surface area contributed by atoms with Gasteiger partial charge in [0.25, 0.3) is 0 Å². The van der Waals surface area contributed by atoms with Crippen LogP contribution >= 0.6 is 12.4 Å². The fourth-order valence-electron chi connectivity index (χ4n) is 2.70. The van der Waals surface area contributed by atoms with Crippen LogP contribution in [0.5, 0.6) is 0 Å². The van der Waals surface area contributed by atoms with Gasteiger partial charge in [0.15, 0.2) is 0 Å². The maximum Gasteiger partial charge on any atom is 0.208 e. The van der Waals surface area contributed by atoms with Gasteiger partial charge < -0.3 is 9.80 Å². The summed E-state index contributed by atoms with van der Waals surface area (Å²) >= 11 is 0. The number of nitrogens with zero attached hydrogens (tertiary/aromatic N) is 3. The van der Waals surface area contributed by atoms with Gasteiger partial charge in [0.05, 0.1) is 34.7 Å². The van der Waals surface area contributed by atoms with Gasteiger partial charge in [-0.15, -0.1) is 12.4 Å². The molecule has 2 aromatic carbocycles. The van der Waals surface area contributed by atoms with Crippen LogP contribution in [0.1, 0.15) is 13.7 Å². The molecule has 2 heterocycles. The minimum absolute atomic E-state index is 0. The summed E-state index contributed by atoms with van der Waals surface area (Å²) in [5.74, 6) is 0. The Bertz CT molecular complexity index is 1520. The van der Waals surface area contributed by atoms with Gasteiger partial charge in [0.2, 0.25) is 9.84 Å². The van der Waals surface area contributed by atoms with Crippen molar-refractivity contribution >= 4 is 38.8 Å². The molecule has 1 aliphatic rings. The van der Waals surface area contributed by atoms with Gasteiger partial charge in [0.1, 0.15) is 0 Å². The minimum atomic E-state index is -5.05. The number of piperazine rings is 1. The molecule has 0 aliphatic carbocycles. The molecule has 1 saturated heterocycles. The molecule has 5 nitrogen and oxygen atoms in total. The second-order valence-corrected chi connectivity index (χ2v) is 7.70. The third-order valence-electron chi connectivity index (χ3n) is 4.17. The Morgan fingerprint density at radius 3 is 2.37 bits per heavy atom. The fraction of sp³-hybridized carbons (Fsp3) is 0.250. The molecule has 4 rings (SSSR count). The number of sulfone groups is 1. The van der Waals surface area contributed by atoms with Crippen molar-refractivity contribution in [1.29, 1.82) is 0 Å². The zero-order valence-electron chi connectivity index (χ0n) is 24.3. The SMILES string of the molecule is Cl.[2H]c1nc2c(N3CCN(C)CC3)c([2H])c([2H])c([2H])c2c([2H])c1S(=O)(=O)c1c([2H])c([2H])c([2H])c([2H])c1[2H]. The number of anilines is 1. The molecule has 0 amide bonds. The molecule has 1 aliphatic heterocycles. The Balaban J connectivity index is 0.00000380. The van der Waals surface area contributed by atoms with Crippen LogP contribution in [0.4, 0.5) is 5.69 Å². The quantitative estimate of drug-likeness (QED) is 0.659. The number of halogens is 1. The standard InChI is InChI=1S/C20H21N3O2S.ClH/c1-22-10-12-23(13-11-22)19-9-5-6-16-14-18(15-21-20(16)19)26(24,25)17-7-3-2-4-8-17;/h2-9,14-15H,10-13H2,1H3;1H/i2D,3D,4D,5D,6D,7D,8D,9D,14D,15D;. The van der Waals surface area contributed by atoms with Gasteiger partial charge in [-0.05, 0) is 31.2 Å². The topological polar surface area (TPSA) is 53.5 Å². The van der Waals surface area contributed by atoms with Crippen molar-refractivity contribution < 1.29 is 22.1 Å². The lowest BCUT2D eigenvalue weighted by atomic mass is 10.1. The summed E-state index contributed by atoms with van der Waals surface area (Å²) in [5, 5.41) is -0.369. The third-order valence-corrected chi connectivity index (χ3v) is 5.64. The molecule has 0 spiro atoms. The molecule has 7 heteroatoms. The van der Waals surface area contributed by atoms with Crippen LogP contribution in [0.2, 0.25) is 0 Å². The molecule has 3 aromatic rings. The molecule has 1 aromatic heterocycles. The smallest absolute Gasteiger partial charge is 0.208 e. The highest BCUT2D eigenvalue weighted by atomic mass is 35.5. The average molecular weight is 414 g/mol. The number of para-hydroxylation sites is 1. The second-order valence-electron chi connectivity index (χ2n) is 5.87. The van der Waals surface area contributed by atoms with E-state index in [2.05, 4.69) is 4.98 Å². The van der Waals surface area contributed by atoms with E-state index in [0.29, 0.717) is 26.2 Å². The Morgan fingerprint density at radius 2 is 1.67 bits per heavy atom. The molecule has 27 heavy (non-hydrogen) atoms. The summed E-state index contributed by atoms with van der Waals surface area (Å²) in [7, 11) is -3.13. The largest absolute Gasteiger partial charge is 0.367 e. The Morgan fingerprint density at radius 1 is 0.963 bits per heavy atom. The molecular formula is C20H22ClN3O2S. The van der Waals surface area contributed by atoms with Crippen LogP contribution < -0.4 is 4.90 Å². The minimum Gasteiger partial charge on any atom is -0.367 e. The summed E-state index contributed by atoms with van der Waals surface area (Å²) in [6.07, 6.45) is -0.925. The van der Waals surface area contributed by atoms with Gasteiger partial charge in [-0.3, -0.25) is 4.98 Å². The summed E-state index contributed by atoms with van der Waals surface area (Å²) < 4.78 is 109. The fourth-order valence-corrected chi connectivity index (χ4v) is 3.68. The van der Waals surface area contributed by atoms with Crippen LogP contribution in [0.25, 0.3) is 10.9 Å². The lowest BCUT2D eigenvalue weighted by Gasteiger charge is -2.34. The highest BCUT2D eigenvalue weighted by molar-refractivity contribution is 7.91. The van der Waals surface area contributed by atoms with Crippen molar-refractivity contribution in [3.8, 4) is 0 Å². The van der Waals surface area contributed by atoms with Crippen LogP contribution in [-0.4, -0.2) is 51.5 Å². The van der Waals surface area contributed by atoms with Crippen LogP contribution in [0.15, 0.2) is 70.3 Å². The first-order chi connectivity index (χ1) is 16.7. The van der Waals surface area contributed by atoms with Gasteiger partial charge >= 0.3 is 0 Å². The van der Waals surface area contributed by atoms with Crippen molar-refractivity contribution in [3.05, 3.63) is 60.6 Å². The Labute approximate surface area is 180 Å². The van der Waals surface area contributed by atoms with E-state index in [9.17, 15) is 8.42 Å². The van der Waals surface area contributed by atoms with Gasteiger partial charge in [0, 0.05) is 37.7 Å². The van der Waals surface area contributed by atoms with Crippen molar-refractivity contribution in [2.75, 3.05) is 38.1 Å². The molecule has 0 N–H and O–H groups in total. The number of pyridine rings is 1. The molecule has 0 saturated carbocycles. The van der Waals surface area contributed by atoms with Crippen molar-refractivity contribution in [1.82, 2.24) is 9.88 Å². The molecule has 0 radical (unpaired) electrons. The summed E-state index contributed by atoms with van der Waals surface area (Å²) in [5.41, 5.74) is -0.0200. The first-order valence-corrected chi connectivity index (χ1v) is 9.36. The van der Waals surface area contributed by atoms with E-state index >= 15 is 0 Å². The van der Waals surface area contributed by atoms with E-state index in [-0.39, 0.29) is 35.0 Å². The van der Waals surface area contributed by atoms with Crippen LogP contribution in [-0.2, 0) is 9.84 Å². The van der Waals surface area contributed by atoms with E-state index < -0.39 is 74.1 Å². The summed E-state index contributed by atoms with van der Waals surface area (Å²) in [6, 6.07) is -6.99. The predicted octanol–water partition coefficient (Wildman–Crippen LogP) is 3.24. The Kier molecular flexibility index (Phi) is 3.02. The first-order valence-electron chi connectivity index (χ1n) is 12.9. The number of rotatable bonds is 3. The van der Waals surface area contributed by atoms with Gasteiger partial charge in [-0.2, -0.15) is 0 Å². The maximum absolute atomic E-state index is 13.6. The summed E-state index contributed by atoms with van der Waals surface area (Å²) in [4.78, 5) is 5.69. The molecular weight excluding hydrogens is 382 g/mol. The molecule has 0 bridgehead atoms. The van der Waals surface area contributed by atoms with E-state index in [1.165, 1.54) is 0 Å². The molecule has 1 fully saturated rings. The second kappa shape index (κ2) is 7.84. The van der Waals surface area contributed by atoms with Gasteiger partial charge in [-0.1, -0.05) is 30.2 Å². The number of hydrogen-bond donors (Lipinski definition) is 0. The molecule has 0 atom stereocenters. The monoisotopic (exact) mass is 413 g/mol. The lowest BCUT2D eigenvalue weighted by Crippen LogP contribution is -2.44. The zero-order valence-corrected chi connectivity index (χ0v) is 15.9. The average Bonchev–Trinajstić information content (AvgIpc) is 2.80. The summed E-state index contributed by atoms with van der Waals surface area (Å²) in [6.45, 7) is 2.14. The lowest BCUT2D eigenvalue weighted by molar-refractivity contribution is 0.313.